The van der Waals surface area contributed by atoms with E-state index in [0.29, 0.717) is 0 Å². The van der Waals surface area contributed by atoms with Crippen LogP contribution in [0, 0.1) is 0 Å². The van der Waals surface area contributed by atoms with Crippen LogP contribution < -0.4 is 0 Å². The van der Waals surface area contributed by atoms with Crippen LogP contribution in [0.3, 0.4) is 0 Å². The average molecular weight is 280 g/mol. The van der Waals surface area contributed by atoms with Crippen LogP contribution in [0.5, 0.6) is 0 Å². The van der Waals surface area contributed by atoms with Crippen molar-refractivity contribution in [2.75, 3.05) is 0 Å². The van der Waals surface area contributed by atoms with Gasteiger partial charge in [-0.1, -0.05) is 0 Å². The van der Waals surface area contributed by atoms with Gasteiger partial charge in [0, 0.05) is 0 Å². The quantitative estimate of drug-likeness (QED) is 0.696. The number of hydrogen-bond donors (Lipinski definition) is 1. The Bertz CT molecular complexity index is 10.8. The first-order chi connectivity index (χ1) is 1.73. The van der Waals surface area contributed by atoms with Gasteiger partial charge in [-0.2, -0.15) is 0 Å². The van der Waals surface area contributed by atoms with Crippen LogP contribution >= 0.6 is 19.2 Å². The molecule has 0 aliphatic carbocycles. The van der Waals surface area contributed by atoms with Crippen LogP contribution in [0.4, 0.5) is 0 Å². The molecule has 0 amide bonds. The first kappa shape index (κ1) is 5.19. The minimum atomic E-state index is -2.39. The van der Waals surface area contributed by atoms with Gasteiger partial charge in [-0.15, -0.1) is 0 Å². The summed E-state index contributed by atoms with van der Waals surface area (Å²) >= 11 is -2.39. The summed E-state index contributed by atoms with van der Waals surface area (Å²) in [7, 11) is 9.52. The van der Waals surface area contributed by atoms with Gasteiger partial charge in [0.1, 0.15) is 0 Å². The summed E-state index contributed by atoms with van der Waals surface area (Å²) in [6.45, 7) is 0. The molecule has 1 nitrogen and oxygen atoms in total. The first-order valence-electron chi connectivity index (χ1n) is 0.401. The Morgan fingerprint density at radius 1 is 1.50 bits per heavy atom. The van der Waals surface area contributed by atoms with Crippen molar-refractivity contribution in [3.63, 3.8) is 0 Å². The summed E-state index contributed by atoms with van der Waals surface area (Å²) in [4.78, 5) is 0. The van der Waals surface area contributed by atoms with Crippen molar-refractivity contribution >= 4 is 19.2 Å². The van der Waals surface area contributed by atoms with Crippen LogP contribution in [-0.2, 0) is 14.8 Å². The topological polar surface area (TPSA) is 20.2 Å². The maximum absolute atomic E-state index is 7.75. The van der Waals surface area contributed by atoms with Gasteiger partial charge in [-0.3, -0.25) is 0 Å². The Hall–Kier alpha value is 1.19. The van der Waals surface area contributed by atoms with Gasteiger partial charge in [0.05, 0.1) is 0 Å². The van der Waals surface area contributed by atoms with E-state index in [1.165, 1.54) is 0 Å². The average Bonchev–Trinajstić information content (AvgIpc) is 0.811. The molecule has 0 aromatic heterocycles. The molecule has 0 unspecified atom stereocenters. The molecule has 30 valence electrons. The molecule has 0 aromatic rings. The van der Waals surface area contributed by atoms with Gasteiger partial charge in [0.25, 0.3) is 0 Å². The molecular weight excluding hydrogens is 279 g/mol. The molecule has 0 atom stereocenters. The van der Waals surface area contributed by atoms with E-state index in [9.17, 15) is 0 Å². The second kappa shape index (κ2) is 2.43. The third-order valence-corrected chi connectivity index (χ3v) is 0. The van der Waals surface area contributed by atoms with Crippen molar-refractivity contribution in [3.05, 3.63) is 0 Å². The van der Waals surface area contributed by atoms with Gasteiger partial charge in [0.15, 0.2) is 0 Å². The standard InChI is InChI=1S/2ClH.Ir.H2O/h2*1H;;1H2/q;;+3;/p-3. The second-order valence-corrected chi connectivity index (χ2v) is 6.28. The summed E-state index contributed by atoms with van der Waals surface area (Å²) in [5.74, 6) is 0. The molecule has 0 heterocycles. The molecule has 0 spiro atoms. The van der Waals surface area contributed by atoms with E-state index in [1.807, 2.05) is 0 Å². The Morgan fingerprint density at radius 2 is 1.50 bits per heavy atom. The Morgan fingerprint density at radius 3 is 1.50 bits per heavy atom. The van der Waals surface area contributed by atoms with Crippen LogP contribution in [0.15, 0.2) is 0 Å². The van der Waals surface area contributed by atoms with Gasteiger partial charge in [-0.25, -0.2) is 0 Å². The fourth-order valence-electron chi connectivity index (χ4n) is 0. The van der Waals surface area contributed by atoms with E-state index in [4.69, 9.17) is 23.0 Å². The van der Waals surface area contributed by atoms with Crippen LogP contribution in [0.25, 0.3) is 0 Å². The van der Waals surface area contributed by atoms with E-state index >= 15 is 0 Å². The molecule has 0 aliphatic rings. The van der Waals surface area contributed by atoms with E-state index < -0.39 is 14.8 Å². The third kappa shape index (κ3) is 10.8. The van der Waals surface area contributed by atoms with Crippen molar-refractivity contribution in [1.29, 1.82) is 0 Å². The fraction of sp³-hybridized carbons (Fsp3) is 0. The second-order valence-electron chi connectivity index (χ2n) is 0.160. The zero-order chi connectivity index (χ0) is 3.58. The molecule has 0 radical (unpaired) electrons. The molecule has 0 rings (SSSR count). The summed E-state index contributed by atoms with van der Waals surface area (Å²) < 4.78 is 7.75. The molecule has 0 aromatic carbocycles. The Balaban J connectivity index is 2.32. The SMILES string of the molecule is [OH][Ir]([Cl])[Cl]. The van der Waals surface area contributed by atoms with E-state index in [-0.39, 0.29) is 0 Å². The Kier molecular flexibility index (Phi) is 3.15. The molecule has 4 heavy (non-hydrogen) atoms. The summed E-state index contributed by atoms with van der Waals surface area (Å²) in [5, 5.41) is 0. The molecule has 4 heteroatoms. The predicted molar refractivity (Wildman–Crippen MR) is 13.9 cm³/mol. The molecular formula is HCl2IrO. The van der Waals surface area contributed by atoms with Crippen LogP contribution in [-0.4, -0.2) is 3.86 Å². The van der Waals surface area contributed by atoms with E-state index in [0.717, 1.165) is 0 Å². The molecule has 0 bridgehead atoms. The van der Waals surface area contributed by atoms with Crippen molar-refractivity contribution in [1.82, 2.24) is 0 Å². The monoisotopic (exact) mass is 280 g/mol. The van der Waals surface area contributed by atoms with E-state index in [2.05, 4.69) is 0 Å². The van der Waals surface area contributed by atoms with Gasteiger partial charge >= 0.3 is 37.9 Å². The van der Waals surface area contributed by atoms with Gasteiger partial charge < -0.3 is 0 Å². The summed E-state index contributed by atoms with van der Waals surface area (Å²) in [6, 6.07) is 0. The number of rotatable bonds is 0. The zero-order valence-corrected chi connectivity index (χ0v) is 5.44. The van der Waals surface area contributed by atoms with Crippen molar-refractivity contribution in [3.8, 4) is 0 Å². The Labute approximate surface area is 38.1 Å². The van der Waals surface area contributed by atoms with E-state index in [1.54, 1.807) is 0 Å². The van der Waals surface area contributed by atoms with Gasteiger partial charge in [-0.05, 0) is 0 Å². The molecule has 0 saturated heterocycles. The van der Waals surface area contributed by atoms with Crippen LogP contribution in [0.1, 0.15) is 0 Å². The third-order valence-electron chi connectivity index (χ3n) is 0. The molecule has 0 saturated carbocycles. The summed E-state index contributed by atoms with van der Waals surface area (Å²) in [6.07, 6.45) is 0. The van der Waals surface area contributed by atoms with Crippen molar-refractivity contribution in [2.45, 2.75) is 0 Å². The molecule has 0 aliphatic heterocycles. The van der Waals surface area contributed by atoms with Crippen LogP contribution in [0.2, 0.25) is 0 Å². The predicted octanol–water partition coefficient (Wildman–Crippen LogP) is 0.819. The van der Waals surface area contributed by atoms with Crippen molar-refractivity contribution in [2.24, 2.45) is 0 Å². The van der Waals surface area contributed by atoms with Crippen molar-refractivity contribution < 1.29 is 18.7 Å². The molecule has 0 fully saturated rings. The molecule has 1 N–H and O–H groups in total. The number of hydrogen-bond acceptors (Lipinski definition) is 1. The minimum absolute atomic E-state index is 2.39. The number of halogens is 2. The first-order valence-corrected chi connectivity index (χ1v) is 7.41. The van der Waals surface area contributed by atoms with Gasteiger partial charge in [0.2, 0.25) is 0 Å². The normalized spacial score (nSPS) is 11.2. The fourth-order valence-corrected chi connectivity index (χ4v) is 0. The maximum atomic E-state index is 7.75. The zero-order valence-electron chi connectivity index (χ0n) is 1.54. The summed E-state index contributed by atoms with van der Waals surface area (Å²) in [5.41, 5.74) is 0.